The zero-order valence-electron chi connectivity index (χ0n) is 21.5. The molecule has 0 aliphatic heterocycles. The fourth-order valence-electron chi connectivity index (χ4n) is 4.35. The average molecular weight is 609 g/mol. The fraction of sp³-hybridized carbons (Fsp3) is 0.786. The van der Waals surface area contributed by atoms with E-state index in [1.54, 1.807) is 31.6 Å². The van der Waals surface area contributed by atoms with Crippen LogP contribution >= 0.6 is 11.3 Å². The summed E-state index contributed by atoms with van der Waals surface area (Å²) >= 11 is 0.849. The van der Waals surface area contributed by atoms with Crippen molar-refractivity contribution >= 4 is 36.9 Å². The molecule has 0 atom stereocenters. The predicted octanol–water partition coefficient (Wildman–Crippen LogP) is 10.3. The first-order chi connectivity index (χ1) is 15.1. The van der Waals surface area contributed by atoms with Crippen LogP contribution in [-0.4, -0.2) is 25.5 Å². The van der Waals surface area contributed by atoms with Crippen molar-refractivity contribution in [3.05, 3.63) is 28.3 Å². The Morgan fingerprint density at radius 1 is 0.906 bits per heavy atom. The van der Waals surface area contributed by atoms with Crippen LogP contribution in [0.25, 0.3) is 0 Å². The number of carbonyl (C=O) groups excluding carboxylic acids is 1. The molecule has 0 N–H and O–H groups in total. The van der Waals surface area contributed by atoms with E-state index in [-0.39, 0.29) is 22.9 Å². The topological polar surface area (TPSA) is 17.1 Å². The summed E-state index contributed by atoms with van der Waals surface area (Å²) in [5.74, 6) is 0.951. The second-order valence-electron chi connectivity index (χ2n) is 9.37. The Kier molecular flexibility index (Phi) is 22.6. The monoisotopic (exact) mass is 610 g/mol. The molecule has 1 heterocycles. The fourth-order valence-corrected chi connectivity index (χ4v) is 14.9. The SMILES string of the molecule is CC(=O)c1ccc(C2CCCC2)s1.CCC[CH2][Sn+]([CH2]CCC)[CH2]CCC.[CH-]1CCCC1.[Fe+2]. The first-order valence-electron chi connectivity index (χ1n) is 13.4. The maximum atomic E-state index is 11.1. The van der Waals surface area contributed by atoms with Crippen LogP contribution in [0.5, 0.6) is 0 Å². The molecule has 2 saturated carbocycles. The van der Waals surface area contributed by atoms with E-state index in [4.69, 9.17) is 0 Å². The van der Waals surface area contributed by atoms with Gasteiger partial charge < -0.3 is 6.42 Å². The number of thiophene rings is 1. The summed E-state index contributed by atoms with van der Waals surface area (Å²) in [4.78, 5) is 13.4. The summed E-state index contributed by atoms with van der Waals surface area (Å²) < 4.78 is 5.04. The molecule has 1 aromatic heterocycles. The zero-order chi connectivity index (χ0) is 22.7. The molecule has 0 radical (unpaired) electrons. The van der Waals surface area contributed by atoms with Crippen LogP contribution in [0.15, 0.2) is 12.1 Å². The van der Waals surface area contributed by atoms with Gasteiger partial charge in [-0.1, -0.05) is 25.7 Å². The Morgan fingerprint density at radius 2 is 1.41 bits per heavy atom. The average Bonchev–Trinajstić information content (AvgIpc) is 3.56. The Balaban J connectivity index is 0.000000482. The summed E-state index contributed by atoms with van der Waals surface area (Å²) in [7, 11) is 0. The number of Topliss-reactive ketones (excluding diaryl/α,β-unsaturated/α-hetero) is 1. The molecule has 32 heavy (non-hydrogen) atoms. The molecule has 1 aromatic rings. The molecule has 0 aromatic carbocycles. The van der Waals surface area contributed by atoms with Gasteiger partial charge in [-0.05, 0) is 37.8 Å². The molecular formula is C28H50FeOSSn+2. The van der Waals surface area contributed by atoms with E-state index in [1.807, 2.05) is 6.07 Å². The number of carbonyl (C=O) groups is 1. The molecule has 2 fully saturated rings. The number of hydrogen-bond acceptors (Lipinski definition) is 2. The van der Waals surface area contributed by atoms with Gasteiger partial charge >= 0.3 is 109 Å². The minimum Gasteiger partial charge on any atom is -0.328 e. The first kappa shape index (κ1) is 32.7. The summed E-state index contributed by atoms with van der Waals surface area (Å²) in [6.07, 6.45) is 22.2. The molecule has 1 nitrogen and oxygen atoms in total. The maximum absolute atomic E-state index is 11.1. The largest absolute Gasteiger partial charge is 2.00 e. The number of ketones is 1. The van der Waals surface area contributed by atoms with Gasteiger partial charge in [0, 0.05) is 4.88 Å². The van der Waals surface area contributed by atoms with Crippen molar-refractivity contribution in [3.8, 4) is 0 Å². The van der Waals surface area contributed by atoms with E-state index in [2.05, 4.69) is 33.3 Å². The van der Waals surface area contributed by atoms with Crippen molar-refractivity contribution in [1.29, 1.82) is 0 Å². The van der Waals surface area contributed by atoms with Crippen LogP contribution in [0.2, 0.25) is 13.3 Å². The third kappa shape index (κ3) is 15.6. The standard InChI is InChI=1S/C11H14OS.C5H9.3C4H9.Fe.Sn/c1-8(12)10-6-7-11(13-10)9-4-2-3-5-9;1-2-4-5-3-1;3*1-3-4-2;;/h6-7,9H,2-5H2,1H3;1H,2-5H2;3*1,3-4H2,2H3;;/q;-1;;;;+2;+1. The smallest absolute Gasteiger partial charge is 0.328 e. The van der Waals surface area contributed by atoms with Gasteiger partial charge in [-0.15, -0.1) is 11.3 Å². The van der Waals surface area contributed by atoms with Gasteiger partial charge in [0.25, 0.3) is 0 Å². The molecule has 2 aliphatic rings. The van der Waals surface area contributed by atoms with E-state index in [9.17, 15) is 4.79 Å². The first-order valence-corrected chi connectivity index (χ1v) is 20.2. The van der Waals surface area contributed by atoms with Crippen molar-refractivity contribution in [2.75, 3.05) is 0 Å². The predicted molar refractivity (Wildman–Crippen MR) is 143 cm³/mol. The van der Waals surface area contributed by atoms with Crippen molar-refractivity contribution in [3.63, 3.8) is 0 Å². The second kappa shape index (κ2) is 22.2. The molecule has 0 unspecified atom stereocenters. The summed E-state index contributed by atoms with van der Waals surface area (Å²) in [5.41, 5.74) is 0. The quantitative estimate of drug-likeness (QED) is 0.139. The van der Waals surface area contributed by atoms with E-state index in [1.165, 1.54) is 94.8 Å². The van der Waals surface area contributed by atoms with Crippen LogP contribution in [0.1, 0.15) is 138 Å². The zero-order valence-corrected chi connectivity index (χ0v) is 26.3. The van der Waals surface area contributed by atoms with Gasteiger partial charge in [0.2, 0.25) is 0 Å². The molecule has 0 amide bonds. The minimum absolute atomic E-state index is 0. The maximum Gasteiger partial charge on any atom is 2.00 e. The molecule has 4 heteroatoms. The number of hydrogen-bond donors (Lipinski definition) is 0. The molecule has 2 aliphatic carbocycles. The van der Waals surface area contributed by atoms with E-state index in [0.29, 0.717) is 0 Å². The third-order valence-corrected chi connectivity index (χ3v) is 16.9. The van der Waals surface area contributed by atoms with Crippen LogP contribution in [-0.2, 0) is 17.1 Å². The van der Waals surface area contributed by atoms with Gasteiger partial charge in [-0.3, -0.25) is 4.79 Å². The van der Waals surface area contributed by atoms with Gasteiger partial charge in [0.1, 0.15) is 0 Å². The van der Waals surface area contributed by atoms with Crippen LogP contribution in [0.4, 0.5) is 0 Å². The third-order valence-electron chi connectivity index (χ3n) is 6.45. The Hall–Kier alpha value is 0.688. The van der Waals surface area contributed by atoms with E-state index < -0.39 is 19.8 Å². The van der Waals surface area contributed by atoms with Crippen molar-refractivity contribution in [2.24, 2.45) is 0 Å². The number of rotatable bonds is 11. The Bertz CT molecular complexity index is 523. The van der Waals surface area contributed by atoms with E-state index in [0.717, 1.165) is 10.8 Å². The summed E-state index contributed by atoms with van der Waals surface area (Å²) in [6.45, 7) is 8.64. The second-order valence-corrected chi connectivity index (χ2v) is 19.1. The molecular weight excluding hydrogens is 559 g/mol. The van der Waals surface area contributed by atoms with Crippen molar-refractivity contribution < 1.29 is 21.9 Å². The number of unbranched alkanes of at least 4 members (excludes halogenated alkanes) is 3. The van der Waals surface area contributed by atoms with Crippen LogP contribution in [0, 0.1) is 6.42 Å². The molecule has 0 bridgehead atoms. The summed E-state index contributed by atoms with van der Waals surface area (Å²) in [6, 6.07) is 4.11. The van der Waals surface area contributed by atoms with Crippen molar-refractivity contribution in [2.45, 2.75) is 137 Å². The Labute approximate surface area is 222 Å². The van der Waals surface area contributed by atoms with Crippen molar-refractivity contribution in [1.82, 2.24) is 0 Å². The minimum atomic E-state index is -0.839. The van der Waals surface area contributed by atoms with Gasteiger partial charge in [-0.2, -0.15) is 12.8 Å². The van der Waals surface area contributed by atoms with E-state index >= 15 is 0 Å². The van der Waals surface area contributed by atoms with Gasteiger partial charge in [0.15, 0.2) is 5.78 Å². The summed E-state index contributed by atoms with van der Waals surface area (Å²) in [5, 5.41) is 0. The van der Waals surface area contributed by atoms with Gasteiger partial charge in [-0.25, -0.2) is 0 Å². The van der Waals surface area contributed by atoms with Gasteiger partial charge in [0.05, 0.1) is 4.88 Å². The molecule has 184 valence electrons. The Morgan fingerprint density at radius 3 is 1.75 bits per heavy atom. The normalized spacial score (nSPS) is 15.2. The molecule has 0 spiro atoms. The molecule has 0 saturated heterocycles. The van der Waals surface area contributed by atoms with Crippen LogP contribution < -0.4 is 0 Å². The molecule has 3 rings (SSSR count). The van der Waals surface area contributed by atoms with Crippen LogP contribution in [0.3, 0.4) is 0 Å².